The lowest BCUT2D eigenvalue weighted by Crippen LogP contribution is -2.00. The lowest BCUT2D eigenvalue weighted by molar-refractivity contribution is 0.645. The molecule has 4 heterocycles. The van der Waals surface area contributed by atoms with Crippen LogP contribution in [0.4, 0.5) is 0 Å². The number of nitrogens with zero attached hydrogens (tertiary/aromatic N) is 5. The third-order valence-electron chi connectivity index (χ3n) is 9.24. The summed E-state index contributed by atoms with van der Waals surface area (Å²) in [5, 5.41) is 4.14. The summed E-state index contributed by atoms with van der Waals surface area (Å²) in [6.45, 7) is 0. The molecule has 0 fully saturated rings. The van der Waals surface area contributed by atoms with Gasteiger partial charge in [-0.2, -0.15) is 0 Å². The number of rotatable bonds is 5. The minimum Gasteiger partial charge on any atom is -0.437 e. The van der Waals surface area contributed by atoms with Crippen molar-refractivity contribution in [2.45, 2.75) is 0 Å². The first-order valence-corrected chi connectivity index (χ1v) is 16.6. The molecule has 0 aliphatic rings. The molecule has 0 spiro atoms. The SMILES string of the molecule is c1ccc(-c2nc(-c3ccccc3)nc(-c3ccc4c(c3)c3c5c(oc3n4-c3ccccc3)c(-c3ccccc3)nc3ccccc35)n2)cc1. The molecule has 6 aromatic carbocycles. The van der Waals surface area contributed by atoms with Crippen molar-refractivity contribution in [2.75, 3.05) is 0 Å². The van der Waals surface area contributed by atoms with Gasteiger partial charge in [0.2, 0.25) is 5.71 Å². The second kappa shape index (κ2) is 11.4. The smallest absolute Gasteiger partial charge is 0.213 e. The number of pyridine rings is 1. The highest BCUT2D eigenvalue weighted by molar-refractivity contribution is 6.28. The summed E-state index contributed by atoms with van der Waals surface area (Å²) in [5.74, 6) is 1.85. The molecule has 0 radical (unpaired) electrons. The van der Waals surface area contributed by atoms with Crippen LogP contribution in [0.5, 0.6) is 0 Å². The zero-order valence-corrected chi connectivity index (χ0v) is 26.7. The molecule has 0 atom stereocenters. The summed E-state index contributed by atoms with van der Waals surface area (Å²) in [6, 6.07) is 55.5. The molecule has 0 N–H and O–H groups in total. The van der Waals surface area contributed by atoms with Gasteiger partial charge in [-0.3, -0.25) is 4.57 Å². The van der Waals surface area contributed by atoms with Crippen LogP contribution in [0.15, 0.2) is 168 Å². The van der Waals surface area contributed by atoms with Gasteiger partial charge >= 0.3 is 0 Å². The average Bonchev–Trinajstić information content (AvgIpc) is 3.74. The Bertz CT molecular complexity index is 2790. The van der Waals surface area contributed by atoms with Gasteiger partial charge in [0.05, 0.1) is 16.4 Å². The van der Waals surface area contributed by atoms with Gasteiger partial charge in [0.25, 0.3) is 0 Å². The maximum absolute atomic E-state index is 6.98. The fourth-order valence-electron chi connectivity index (χ4n) is 6.95. The molecule has 0 bridgehead atoms. The molecule has 6 nitrogen and oxygen atoms in total. The monoisotopic (exact) mass is 641 g/mol. The van der Waals surface area contributed by atoms with E-state index in [0.29, 0.717) is 17.5 Å². The van der Waals surface area contributed by atoms with Gasteiger partial charge in [-0.05, 0) is 36.4 Å². The van der Waals surface area contributed by atoms with Gasteiger partial charge in [0.15, 0.2) is 23.1 Å². The fourth-order valence-corrected chi connectivity index (χ4v) is 6.95. The first kappa shape index (κ1) is 28.1. The summed E-state index contributed by atoms with van der Waals surface area (Å²) in [4.78, 5) is 20.1. The van der Waals surface area contributed by atoms with E-state index in [4.69, 9.17) is 24.4 Å². The maximum Gasteiger partial charge on any atom is 0.213 e. The largest absolute Gasteiger partial charge is 0.437 e. The second-order valence-corrected chi connectivity index (χ2v) is 12.3. The highest BCUT2D eigenvalue weighted by Gasteiger charge is 2.25. The van der Waals surface area contributed by atoms with E-state index in [-0.39, 0.29) is 0 Å². The Morgan fingerprint density at radius 3 is 1.60 bits per heavy atom. The topological polar surface area (TPSA) is 69.6 Å². The van der Waals surface area contributed by atoms with Crippen LogP contribution < -0.4 is 0 Å². The Morgan fingerprint density at radius 2 is 0.960 bits per heavy atom. The second-order valence-electron chi connectivity index (χ2n) is 12.3. The van der Waals surface area contributed by atoms with E-state index < -0.39 is 0 Å². The molecule has 4 aromatic heterocycles. The van der Waals surface area contributed by atoms with Crippen LogP contribution >= 0.6 is 0 Å². The molecule has 0 saturated heterocycles. The average molecular weight is 642 g/mol. The van der Waals surface area contributed by atoms with E-state index in [1.807, 2.05) is 91.0 Å². The van der Waals surface area contributed by atoms with Crippen LogP contribution in [0, 0.1) is 0 Å². The number of benzene rings is 6. The molecular formula is C44H27N5O. The molecule has 0 aliphatic carbocycles. The zero-order valence-electron chi connectivity index (χ0n) is 26.7. The Morgan fingerprint density at radius 1 is 0.420 bits per heavy atom. The number of hydrogen-bond acceptors (Lipinski definition) is 5. The van der Waals surface area contributed by atoms with Crippen molar-refractivity contribution < 1.29 is 4.42 Å². The van der Waals surface area contributed by atoms with Crippen LogP contribution in [0.1, 0.15) is 0 Å². The van der Waals surface area contributed by atoms with Gasteiger partial charge < -0.3 is 4.42 Å². The van der Waals surface area contributed by atoms with Crippen LogP contribution in [-0.2, 0) is 0 Å². The van der Waals surface area contributed by atoms with Gasteiger partial charge in [-0.25, -0.2) is 19.9 Å². The standard InChI is InChI=1S/C44H27N5O/c1-5-15-28(16-6-1)39-40-37(33-23-13-14-24-35(33)45-39)38-34-27-31(25-26-36(34)49(44(38)50-40)32-21-11-4-12-22-32)43-47-41(29-17-7-2-8-18-29)46-42(48-43)30-19-9-3-10-20-30/h1-27H. The van der Waals surface area contributed by atoms with Crippen molar-refractivity contribution >= 4 is 43.9 Å². The summed E-state index contributed by atoms with van der Waals surface area (Å²) in [5.41, 5.74) is 9.04. The lowest BCUT2D eigenvalue weighted by atomic mass is 10.0. The quantitative estimate of drug-likeness (QED) is 0.187. The van der Waals surface area contributed by atoms with Crippen molar-refractivity contribution in [1.29, 1.82) is 0 Å². The zero-order chi connectivity index (χ0) is 33.0. The minimum absolute atomic E-state index is 0.601. The number of fused-ring (bicyclic) bond motifs is 7. The molecule has 50 heavy (non-hydrogen) atoms. The van der Waals surface area contributed by atoms with Gasteiger partial charge in [0, 0.05) is 44.1 Å². The minimum atomic E-state index is 0.601. The first-order valence-electron chi connectivity index (χ1n) is 16.6. The third-order valence-corrected chi connectivity index (χ3v) is 9.24. The first-order chi connectivity index (χ1) is 24.8. The van der Waals surface area contributed by atoms with Crippen LogP contribution in [-0.4, -0.2) is 24.5 Å². The van der Waals surface area contributed by atoms with Crippen molar-refractivity contribution in [3.63, 3.8) is 0 Å². The molecule has 0 unspecified atom stereocenters. The van der Waals surface area contributed by atoms with Crippen molar-refractivity contribution in [1.82, 2.24) is 24.5 Å². The van der Waals surface area contributed by atoms with E-state index in [0.717, 1.165) is 77.5 Å². The maximum atomic E-state index is 6.98. The van der Waals surface area contributed by atoms with E-state index in [1.165, 1.54) is 0 Å². The predicted octanol–water partition coefficient (Wildman–Crippen LogP) is 10.9. The number of para-hydroxylation sites is 2. The van der Waals surface area contributed by atoms with E-state index in [2.05, 4.69) is 77.4 Å². The molecule has 234 valence electrons. The summed E-state index contributed by atoms with van der Waals surface area (Å²) >= 11 is 0. The summed E-state index contributed by atoms with van der Waals surface area (Å²) in [7, 11) is 0. The molecule has 0 saturated carbocycles. The molecule has 0 amide bonds. The van der Waals surface area contributed by atoms with Crippen molar-refractivity contribution in [2.24, 2.45) is 0 Å². The molecule has 0 aliphatic heterocycles. The highest BCUT2D eigenvalue weighted by atomic mass is 16.3. The number of aromatic nitrogens is 5. The third kappa shape index (κ3) is 4.50. The molecular weight excluding hydrogens is 615 g/mol. The van der Waals surface area contributed by atoms with Gasteiger partial charge in [-0.15, -0.1) is 0 Å². The van der Waals surface area contributed by atoms with Crippen LogP contribution in [0.3, 0.4) is 0 Å². The Kier molecular flexibility index (Phi) is 6.39. The number of hydrogen-bond donors (Lipinski definition) is 0. The Hall–Kier alpha value is -6.92. The van der Waals surface area contributed by atoms with Crippen LogP contribution in [0.2, 0.25) is 0 Å². The van der Waals surface area contributed by atoms with Crippen LogP contribution in [0.25, 0.3) is 95.0 Å². The fraction of sp³-hybridized carbons (Fsp3) is 0. The summed E-state index contributed by atoms with van der Waals surface area (Å²) < 4.78 is 9.18. The predicted molar refractivity (Wildman–Crippen MR) is 201 cm³/mol. The molecule has 6 heteroatoms. The number of furan rings is 1. The Labute approximate surface area is 287 Å². The Balaban J connectivity index is 1.31. The van der Waals surface area contributed by atoms with Gasteiger partial charge in [-0.1, -0.05) is 127 Å². The highest BCUT2D eigenvalue weighted by Crippen LogP contribution is 2.45. The van der Waals surface area contributed by atoms with E-state index in [9.17, 15) is 0 Å². The van der Waals surface area contributed by atoms with E-state index in [1.54, 1.807) is 0 Å². The van der Waals surface area contributed by atoms with Crippen molar-refractivity contribution in [3.8, 4) is 51.1 Å². The normalized spacial score (nSPS) is 11.6. The molecule has 10 rings (SSSR count). The molecule has 10 aromatic rings. The van der Waals surface area contributed by atoms with Gasteiger partial charge in [0.1, 0.15) is 5.69 Å². The lowest BCUT2D eigenvalue weighted by Gasteiger charge is -2.10. The van der Waals surface area contributed by atoms with Crippen molar-refractivity contribution in [3.05, 3.63) is 164 Å². The summed E-state index contributed by atoms with van der Waals surface area (Å²) in [6.07, 6.45) is 0. The van der Waals surface area contributed by atoms with E-state index >= 15 is 0 Å².